The van der Waals surface area contributed by atoms with E-state index in [9.17, 15) is 14.3 Å². The van der Waals surface area contributed by atoms with Crippen LogP contribution < -0.4 is 5.32 Å². The van der Waals surface area contributed by atoms with Crippen LogP contribution in [0, 0.1) is 5.82 Å². The van der Waals surface area contributed by atoms with E-state index in [2.05, 4.69) is 5.32 Å². The fourth-order valence-corrected chi connectivity index (χ4v) is 1.14. The zero-order chi connectivity index (χ0) is 11.3. The molecule has 4 heteroatoms. The molecule has 0 fully saturated rings. The van der Waals surface area contributed by atoms with Crippen LogP contribution in [0.2, 0.25) is 0 Å². The maximum Gasteiger partial charge on any atom is 0.253 e. The highest BCUT2D eigenvalue weighted by atomic mass is 19.1. The largest absolute Gasteiger partial charge is 0.378 e. The van der Waals surface area contributed by atoms with Gasteiger partial charge in [-0.15, -0.1) is 0 Å². The molecule has 0 aliphatic rings. The fraction of sp³-hybridized carbons (Fsp3) is 0.364. The van der Waals surface area contributed by atoms with Crippen LogP contribution in [-0.4, -0.2) is 17.6 Å². The number of amides is 1. The monoisotopic (exact) mass is 211 g/mol. The maximum absolute atomic E-state index is 12.6. The van der Waals surface area contributed by atoms with E-state index in [1.807, 2.05) is 6.92 Å². The van der Waals surface area contributed by atoms with Crippen LogP contribution in [-0.2, 0) is 4.79 Å². The van der Waals surface area contributed by atoms with Crippen molar-refractivity contribution in [3.8, 4) is 0 Å². The van der Waals surface area contributed by atoms with Crippen molar-refractivity contribution in [1.29, 1.82) is 0 Å². The molecular formula is C11H14FNO2. The second-order valence-corrected chi connectivity index (χ2v) is 3.25. The third-order valence-electron chi connectivity index (χ3n) is 1.98. The van der Waals surface area contributed by atoms with Crippen LogP contribution >= 0.6 is 0 Å². The number of halogens is 1. The highest BCUT2D eigenvalue weighted by Gasteiger charge is 2.16. The molecule has 0 saturated heterocycles. The van der Waals surface area contributed by atoms with E-state index in [0.29, 0.717) is 12.1 Å². The first-order valence-corrected chi connectivity index (χ1v) is 4.86. The maximum atomic E-state index is 12.6. The van der Waals surface area contributed by atoms with E-state index in [1.165, 1.54) is 24.3 Å². The molecular weight excluding hydrogens is 197 g/mol. The zero-order valence-corrected chi connectivity index (χ0v) is 8.53. The highest BCUT2D eigenvalue weighted by molar-refractivity contribution is 5.81. The molecule has 1 rings (SSSR count). The van der Waals surface area contributed by atoms with Crippen molar-refractivity contribution in [3.63, 3.8) is 0 Å². The van der Waals surface area contributed by atoms with Gasteiger partial charge in [-0.2, -0.15) is 0 Å². The molecule has 1 unspecified atom stereocenters. The Kier molecular flexibility index (Phi) is 4.24. The standard InChI is InChI=1S/C11H14FNO2/c1-2-7-13-11(15)10(14)8-3-5-9(12)6-4-8/h3-6,10,14H,2,7H2,1H3,(H,13,15). The second-order valence-electron chi connectivity index (χ2n) is 3.25. The van der Waals surface area contributed by atoms with Crippen molar-refractivity contribution in [2.24, 2.45) is 0 Å². The van der Waals surface area contributed by atoms with Crippen LogP contribution in [0.15, 0.2) is 24.3 Å². The van der Waals surface area contributed by atoms with Crippen molar-refractivity contribution in [3.05, 3.63) is 35.6 Å². The number of benzene rings is 1. The lowest BCUT2D eigenvalue weighted by atomic mass is 10.1. The number of rotatable bonds is 4. The first-order chi connectivity index (χ1) is 7.15. The first-order valence-electron chi connectivity index (χ1n) is 4.86. The van der Waals surface area contributed by atoms with E-state index in [0.717, 1.165) is 6.42 Å². The summed E-state index contributed by atoms with van der Waals surface area (Å²) in [5.41, 5.74) is 0.394. The predicted octanol–water partition coefficient (Wildman–Crippen LogP) is 1.39. The van der Waals surface area contributed by atoms with Gasteiger partial charge < -0.3 is 10.4 Å². The quantitative estimate of drug-likeness (QED) is 0.790. The van der Waals surface area contributed by atoms with Crippen LogP contribution in [0.1, 0.15) is 25.0 Å². The molecule has 0 heterocycles. The minimum Gasteiger partial charge on any atom is -0.378 e. The van der Waals surface area contributed by atoms with Crippen molar-refractivity contribution in [2.75, 3.05) is 6.54 Å². The Bertz CT molecular complexity index is 324. The molecule has 0 saturated carbocycles. The van der Waals surface area contributed by atoms with Crippen molar-refractivity contribution >= 4 is 5.91 Å². The summed E-state index contributed by atoms with van der Waals surface area (Å²) in [6.45, 7) is 2.45. The Balaban J connectivity index is 2.63. The average molecular weight is 211 g/mol. The van der Waals surface area contributed by atoms with Gasteiger partial charge in [0.25, 0.3) is 5.91 Å². The van der Waals surface area contributed by atoms with Crippen molar-refractivity contribution in [1.82, 2.24) is 5.32 Å². The summed E-state index contributed by atoms with van der Waals surface area (Å²) < 4.78 is 12.6. The number of nitrogens with one attached hydrogen (secondary N) is 1. The third kappa shape index (κ3) is 3.32. The fourth-order valence-electron chi connectivity index (χ4n) is 1.14. The van der Waals surface area contributed by atoms with Gasteiger partial charge in [-0.3, -0.25) is 4.79 Å². The number of aliphatic hydroxyl groups excluding tert-OH is 1. The molecule has 0 spiro atoms. The summed E-state index contributed by atoms with van der Waals surface area (Å²) in [6, 6.07) is 5.22. The molecule has 0 aliphatic heterocycles. The minimum absolute atomic E-state index is 0.389. The van der Waals surface area contributed by atoms with E-state index in [-0.39, 0.29) is 5.82 Å². The van der Waals surface area contributed by atoms with Gasteiger partial charge in [0, 0.05) is 6.54 Å². The number of hydrogen-bond acceptors (Lipinski definition) is 2. The Morgan fingerprint density at radius 1 is 1.47 bits per heavy atom. The lowest BCUT2D eigenvalue weighted by Crippen LogP contribution is -2.29. The SMILES string of the molecule is CCCNC(=O)C(O)c1ccc(F)cc1. The van der Waals surface area contributed by atoms with E-state index in [1.54, 1.807) is 0 Å². The molecule has 0 radical (unpaired) electrons. The summed E-state index contributed by atoms with van der Waals surface area (Å²) in [5, 5.41) is 12.1. The van der Waals surface area contributed by atoms with E-state index < -0.39 is 12.0 Å². The molecule has 0 aliphatic carbocycles. The molecule has 0 bridgehead atoms. The Labute approximate surface area is 87.9 Å². The Hall–Kier alpha value is -1.42. The van der Waals surface area contributed by atoms with Gasteiger partial charge >= 0.3 is 0 Å². The molecule has 15 heavy (non-hydrogen) atoms. The van der Waals surface area contributed by atoms with Crippen LogP contribution in [0.5, 0.6) is 0 Å². The lowest BCUT2D eigenvalue weighted by molar-refractivity contribution is -0.129. The van der Waals surface area contributed by atoms with E-state index >= 15 is 0 Å². The van der Waals surface area contributed by atoms with Crippen LogP contribution in [0.3, 0.4) is 0 Å². The van der Waals surface area contributed by atoms with Crippen LogP contribution in [0.25, 0.3) is 0 Å². The van der Waals surface area contributed by atoms with Gasteiger partial charge in [0.15, 0.2) is 6.10 Å². The summed E-state index contributed by atoms with van der Waals surface area (Å²) in [6.07, 6.45) is -0.417. The number of carbonyl (C=O) groups is 1. The van der Waals surface area contributed by atoms with Gasteiger partial charge in [0.2, 0.25) is 0 Å². The van der Waals surface area contributed by atoms with Gasteiger partial charge in [-0.25, -0.2) is 4.39 Å². The normalized spacial score (nSPS) is 12.2. The molecule has 82 valence electrons. The smallest absolute Gasteiger partial charge is 0.253 e. The van der Waals surface area contributed by atoms with Crippen LogP contribution in [0.4, 0.5) is 4.39 Å². The Morgan fingerprint density at radius 2 is 2.07 bits per heavy atom. The van der Waals surface area contributed by atoms with Gasteiger partial charge in [-0.1, -0.05) is 19.1 Å². The summed E-state index contributed by atoms with van der Waals surface area (Å²) >= 11 is 0. The van der Waals surface area contributed by atoms with E-state index in [4.69, 9.17) is 0 Å². The average Bonchev–Trinajstić information content (AvgIpc) is 2.26. The zero-order valence-electron chi connectivity index (χ0n) is 8.53. The number of aliphatic hydroxyl groups is 1. The molecule has 1 aromatic rings. The second kappa shape index (κ2) is 5.46. The van der Waals surface area contributed by atoms with Gasteiger partial charge in [0.1, 0.15) is 5.82 Å². The van der Waals surface area contributed by atoms with Crippen molar-refractivity contribution < 1.29 is 14.3 Å². The number of hydrogen-bond donors (Lipinski definition) is 2. The topological polar surface area (TPSA) is 49.3 Å². The van der Waals surface area contributed by atoms with Crippen molar-refractivity contribution in [2.45, 2.75) is 19.4 Å². The summed E-state index contributed by atoms with van der Waals surface area (Å²) in [7, 11) is 0. The molecule has 1 amide bonds. The van der Waals surface area contributed by atoms with Gasteiger partial charge in [0.05, 0.1) is 0 Å². The Morgan fingerprint density at radius 3 is 2.60 bits per heavy atom. The molecule has 3 nitrogen and oxygen atoms in total. The molecule has 1 atom stereocenters. The summed E-state index contributed by atoms with van der Waals surface area (Å²) in [5.74, 6) is -0.844. The molecule has 2 N–H and O–H groups in total. The number of carbonyl (C=O) groups excluding carboxylic acids is 1. The summed E-state index contributed by atoms with van der Waals surface area (Å²) in [4.78, 5) is 11.3. The third-order valence-corrected chi connectivity index (χ3v) is 1.98. The minimum atomic E-state index is -1.22. The molecule has 1 aromatic carbocycles. The predicted molar refractivity (Wildman–Crippen MR) is 54.7 cm³/mol. The molecule has 0 aromatic heterocycles. The van der Waals surface area contributed by atoms with Gasteiger partial charge in [-0.05, 0) is 24.1 Å². The first kappa shape index (κ1) is 11.7. The highest BCUT2D eigenvalue weighted by Crippen LogP contribution is 2.13. The lowest BCUT2D eigenvalue weighted by Gasteiger charge is -2.10.